The van der Waals surface area contributed by atoms with Gasteiger partial charge >= 0.3 is 5.97 Å². The first-order chi connectivity index (χ1) is 16.3. The van der Waals surface area contributed by atoms with E-state index in [0.29, 0.717) is 29.5 Å². The Morgan fingerprint density at radius 1 is 1.18 bits per heavy atom. The molecular weight excluding hydrogens is 468 g/mol. The molecule has 3 aromatic rings. The molecule has 2 aromatic heterocycles. The second-order valence-electron chi connectivity index (χ2n) is 8.52. The number of methoxy groups -OCH3 is 1. The molecule has 0 radical (unpaired) electrons. The minimum atomic E-state index is -0.216. The van der Waals surface area contributed by atoms with Gasteiger partial charge in [0.15, 0.2) is 5.11 Å². The monoisotopic (exact) mass is 496 g/mol. The van der Waals surface area contributed by atoms with Crippen molar-refractivity contribution < 1.29 is 9.53 Å². The smallest absolute Gasteiger partial charge is 0.305 e. The summed E-state index contributed by atoms with van der Waals surface area (Å²) in [7, 11) is 1.42. The fourth-order valence-electron chi connectivity index (χ4n) is 4.90. The van der Waals surface area contributed by atoms with E-state index in [2.05, 4.69) is 46.6 Å². The number of aromatic nitrogens is 2. The first kappa shape index (κ1) is 24.2. The van der Waals surface area contributed by atoms with Gasteiger partial charge in [0.25, 0.3) is 0 Å². The van der Waals surface area contributed by atoms with Crippen LogP contribution in [0.1, 0.15) is 53.1 Å². The number of hydrogen-bond acceptors (Lipinski definition) is 4. The third kappa shape index (κ3) is 4.55. The van der Waals surface area contributed by atoms with Crippen LogP contribution in [0, 0.1) is 20.8 Å². The molecule has 34 heavy (non-hydrogen) atoms. The number of carbonyl (C=O) groups excluding carboxylic acids is 1. The van der Waals surface area contributed by atoms with Crippen molar-refractivity contribution in [3.8, 4) is 5.69 Å². The largest absolute Gasteiger partial charge is 0.469 e. The Kier molecular flexibility index (Phi) is 7.24. The van der Waals surface area contributed by atoms with E-state index in [4.69, 9.17) is 28.6 Å². The van der Waals surface area contributed by atoms with Gasteiger partial charge in [-0.1, -0.05) is 23.7 Å². The third-order valence-corrected chi connectivity index (χ3v) is 7.16. The van der Waals surface area contributed by atoms with Gasteiger partial charge in [-0.15, -0.1) is 0 Å². The summed E-state index contributed by atoms with van der Waals surface area (Å²) in [5.41, 5.74) is 6.65. The predicted octanol–water partition coefficient (Wildman–Crippen LogP) is 5.38. The maximum absolute atomic E-state index is 11.7. The van der Waals surface area contributed by atoms with Gasteiger partial charge in [0.05, 0.1) is 24.9 Å². The van der Waals surface area contributed by atoms with Crippen LogP contribution in [0.3, 0.4) is 0 Å². The maximum Gasteiger partial charge on any atom is 0.305 e. The van der Waals surface area contributed by atoms with Gasteiger partial charge in [0.2, 0.25) is 0 Å². The minimum Gasteiger partial charge on any atom is -0.469 e. The molecule has 4 rings (SSSR count). The molecule has 0 amide bonds. The lowest BCUT2D eigenvalue weighted by Gasteiger charge is -2.29. The number of esters is 1. The molecule has 0 saturated carbocycles. The third-order valence-electron chi connectivity index (χ3n) is 6.57. The Labute approximate surface area is 210 Å². The summed E-state index contributed by atoms with van der Waals surface area (Å²) in [6, 6.07) is 13.6. The minimum absolute atomic E-state index is 0.0702. The zero-order chi connectivity index (χ0) is 24.4. The van der Waals surface area contributed by atoms with Crippen LogP contribution in [0.25, 0.3) is 5.69 Å². The molecule has 3 heterocycles. The summed E-state index contributed by atoms with van der Waals surface area (Å²) in [5.74, 6) is -0.216. The normalized spacial score (nSPS) is 17.7. The molecule has 8 heteroatoms. The number of hydrogen-bond donors (Lipinski definition) is 1. The highest BCUT2D eigenvalue weighted by atomic mass is 35.5. The second-order valence-corrected chi connectivity index (χ2v) is 9.35. The van der Waals surface area contributed by atoms with Crippen LogP contribution < -0.4 is 5.32 Å². The molecule has 0 bridgehead atoms. The molecule has 0 aliphatic carbocycles. The molecule has 1 saturated heterocycles. The molecule has 6 nitrogen and oxygen atoms in total. The first-order valence-electron chi connectivity index (χ1n) is 11.3. The van der Waals surface area contributed by atoms with Gasteiger partial charge in [0.1, 0.15) is 0 Å². The average Bonchev–Trinajstić information content (AvgIpc) is 3.26. The molecule has 2 atom stereocenters. The van der Waals surface area contributed by atoms with Gasteiger partial charge in [0, 0.05) is 46.8 Å². The Balaban J connectivity index is 1.80. The lowest BCUT2D eigenvalue weighted by molar-refractivity contribution is -0.140. The molecule has 1 aliphatic heterocycles. The lowest BCUT2D eigenvalue weighted by atomic mass is 9.93. The number of ether oxygens (including phenoxy) is 1. The summed E-state index contributed by atoms with van der Waals surface area (Å²) in [6.45, 7) is 7.06. The maximum atomic E-state index is 11.7. The number of benzene rings is 1. The van der Waals surface area contributed by atoms with Crippen molar-refractivity contribution in [3.63, 3.8) is 0 Å². The molecule has 0 spiro atoms. The van der Waals surface area contributed by atoms with Crippen molar-refractivity contribution in [1.29, 1.82) is 0 Å². The topological polar surface area (TPSA) is 59.4 Å². The van der Waals surface area contributed by atoms with Crippen LogP contribution in [0.4, 0.5) is 0 Å². The summed E-state index contributed by atoms with van der Waals surface area (Å²) in [4.78, 5) is 18.6. The quantitative estimate of drug-likeness (QED) is 0.350. The van der Waals surface area contributed by atoms with Crippen LogP contribution in [0.5, 0.6) is 0 Å². The van der Waals surface area contributed by atoms with Crippen LogP contribution in [0.2, 0.25) is 5.02 Å². The number of rotatable bonds is 7. The van der Waals surface area contributed by atoms with E-state index >= 15 is 0 Å². The molecule has 1 fully saturated rings. The molecule has 0 unspecified atom stereocenters. The van der Waals surface area contributed by atoms with Gasteiger partial charge in [-0.2, -0.15) is 0 Å². The summed E-state index contributed by atoms with van der Waals surface area (Å²) in [6.07, 6.45) is 2.79. The summed E-state index contributed by atoms with van der Waals surface area (Å²) >= 11 is 12.1. The number of nitrogens with zero attached hydrogens (tertiary/aromatic N) is 3. The van der Waals surface area contributed by atoms with E-state index in [1.165, 1.54) is 18.2 Å². The number of pyridine rings is 1. The highest BCUT2D eigenvalue weighted by Crippen LogP contribution is 2.43. The number of halogens is 1. The molecular formula is C26H29ClN4O2S. The highest BCUT2D eigenvalue weighted by Gasteiger charge is 2.42. The Hall–Kier alpha value is -2.90. The summed E-state index contributed by atoms with van der Waals surface area (Å²) in [5, 5.41) is 4.86. The Bertz CT molecular complexity index is 1210. The Morgan fingerprint density at radius 2 is 1.97 bits per heavy atom. The first-order valence-corrected chi connectivity index (χ1v) is 12.1. The van der Waals surface area contributed by atoms with Crippen LogP contribution >= 0.6 is 23.8 Å². The fourth-order valence-corrected chi connectivity index (χ4v) is 5.42. The van der Waals surface area contributed by atoms with Gasteiger partial charge in [-0.05, 0) is 75.3 Å². The highest BCUT2D eigenvalue weighted by molar-refractivity contribution is 7.80. The van der Waals surface area contributed by atoms with Gasteiger partial charge in [-0.3, -0.25) is 9.78 Å². The number of nitrogens with one attached hydrogen (secondary N) is 1. The predicted molar refractivity (Wildman–Crippen MR) is 138 cm³/mol. The molecule has 1 N–H and O–H groups in total. The summed E-state index contributed by atoms with van der Waals surface area (Å²) < 4.78 is 7.08. The molecule has 1 aliphatic rings. The zero-order valence-electron chi connectivity index (χ0n) is 19.8. The number of carbonyl (C=O) groups is 1. The van der Waals surface area contributed by atoms with E-state index in [1.807, 2.05) is 36.4 Å². The average molecular weight is 497 g/mol. The fraction of sp³-hybridized carbons (Fsp3) is 0.346. The van der Waals surface area contributed by atoms with Crippen molar-refractivity contribution in [2.45, 2.75) is 45.7 Å². The SMILES string of the molecule is COC(=O)CCCN1C(=S)N[C@@H](c2ccccn2)[C@H]1c1c(C)c(C)n(-c2cccc(Cl)c2)c1C. The van der Waals surface area contributed by atoms with E-state index in [-0.39, 0.29) is 18.1 Å². The van der Waals surface area contributed by atoms with Crippen molar-refractivity contribution in [3.05, 3.63) is 81.9 Å². The van der Waals surface area contributed by atoms with Crippen LogP contribution in [-0.4, -0.2) is 39.2 Å². The van der Waals surface area contributed by atoms with Crippen LogP contribution in [0.15, 0.2) is 48.7 Å². The lowest BCUT2D eigenvalue weighted by Crippen LogP contribution is -2.31. The standard InChI is InChI=1S/C26H29ClN4O2S/c1-16-17(2)31(20-10-7-9-19(27)15-20)18(3)23(16)25-24(21-11-5-6-13-28-21)29-26(34)30(25)14-8-12-22(32)33-4/h5-7,9-11,13,15,24-25H,8,12,14H2,1-4H3,(H,29,34)/t24-,25+/m0/s1. The van der Waals surface area contributed by atoms with Crippen molar-refractivity contribution >= 4 is 34.9 Å². The second kappa shape index (κ2) is 10.2. The van der Waals surface area contributed by atoms with E-state index in [1.54, 1.807) is 6.20 Å². The van der Waals surface area contributed by atoms with Crippen molar-refractivity contribution in [2.24, 2.45) is 0 Å². The zero-order valence-corrected chi connectivity index (χ0v) is 21.4. The molecule has 178 valence electrons. The van der Waals surface area contributed by atoms with Crippen molar-refractivity contribution in [1.82, 2.24) is 19.8 Å². The van der Waals surface area contributed by atoms with Gasteiger partial charge in [-0.25, -0.2) is 0 Å². The molecule has 1 aromatic carbocycles. The van der Waals surface area contributed by atoms with Gasteiger partial charge < -0.3 is 19.5 Å². The number of thiocarbonyl (C=S) groups is 1. The van der Waals surface area contributed by atoms with Crippen LogP contribution in [-0.2, 0) is 9.53 Å². The van der Waals surface area contributed by atoms with Crippen molar-refractivity contribution in [2.75, 3.05) is 13.7 Å². The Morgan fingerprint density at radius 3 is 2.65 bits per heavy atom. The van der Waals surface area contributed by atoms with E-state index in [9.17, 15) is 4.79 Å². The van der Waals surface area contributed by atoms with E-state index in [0.717, 1.165) is 22.8 Å². The van der Waals surface area contributed by atoms with E-state index < -0.39 is 0 Å².